The molecule has 1 atom stereocenters. The van der Waals surface area contributed by atoms with E-state index in [2.05, 4.69) is 25.0 Å². The molecule has 1 aliphatic rings. The second kappa shape index (κ2) is 7.72. The summed E-state index contributed by atoms with van der Waals surface area (Å²) in [5.41, 5.74) is 1.73. The fourth-order valence-electron chi connectivity index (χ4n) is 3.68. The van der Waals surface area contributed by atoms with Crippen LogP contribution in [0.25, 0.3) is 0 Å². The zero-order valence-electron chi connectivity index (χ0n) is 15.3. The van der Waals surface area contributed by atoms with Crippen LogP contribution >= 0.6 is 0 Å². The molecule has 2 heterocycles. The molecule has 134 valence electrons. The number of methoxy groups -OCH3 is 1. The number of amides is 1. The van der Waals surface area contributed by atoms with Crippen LogP contribution in [-0.4, -0.2) is 40.8 Å². The van der Waals surface area contributed by atoms with Crippen molar-refractivity contribution in [2.45, 2.75) is 45.1 Å². The molecule has 0 unspecified atom stereocenters. The number of nitrogens with zero attached hydrogens (tertiary/aromatic N) is 3. The number of para-hydroxylation sites is 1. The van der Waals surface area contributed by atoms with Gasteiger partial charge in [0.05, 0.1) is 13.2 Å². The van der Waals surface area contributed by atoms with Crippen molar-refractivity contribution >= 4 is 5.91 Å². The van der Waals surface area contributed by atoms with Crippen LogP contribution in [0.1, 0.15) is 61.1 Å². The molecule has 2 aromatic rings. The van der Waals surface area contributed by atoms with Gasteiger partial charge in [-0.2, -0.15) is 5.10 Å². The maximum absolute atomic E-state index is 12.8. The Morgan fingerprint density at radius 2 is 2.04 bits per heavy atom. The lowest BCUT2D eigenvalue weighted by Gasteiger charge is -2.17. The second-order valence-corrected chi connectivity index (χ2v) is 6.63. The Balaban J connectivity index is 1.71. The molecule has 1 aliphatic heterocycles. The average Bonchev–Trinajstić information content (AvgIpc) is 3.32. The van der Waals surface area contributed by atoms with Gasteiger partial charge in [-0.25, -0.2) is 0 Å². The van der Waals surface area contributed by atoms with Gasteiger partial charge in [0.15, 0.2) is 0 Å². The minimum absolute atomic E-state index is 0.0297. The highest BCUT2D eigenvalue weighted by Crippen LogP contribution is 2.33. The van der Waals surface area contributed by atoms with E-state index in [-0.39, 0.29) is 5.91 Å². The van der Waals surface area contributed by atoms with E-state index in [9.17, 15) is 4.79 Å². The maximum Gasteiger partial charge on any atom is 0.274 e. The Morgan fingerprint density at radius 1 is 1.28 bits per heavy atom. The van der Waals surface area contributed by atoms with Gasteiger partial charge in [0.2, 0.25) is 0 Å². The summed E-state index contributed by atoms with van der Waals surface area (Å²) < 4.78 is 7.40. The number of hydrogen-bond acceptors (Lipinski definition) is 3. The molecule has 5 nitrogen and oxygen atoms in total. The van der Waals surface area contributed by atoms with Gasteiger partial charge < -0.3 is 9.64 Å². The molecule has 0 bridgehead atoms. The first-order chi connectivity index (χ1) is 12.2. The van der Waals surface area contributed by atoms with Gasteiger partial charge in [-0.15, -0.1) is 0 Å². The summed E-state index contributed by atoms with van der Waals surface area (Å²) in [6.07, 6.45) is 4.93. The molecule has 25 heavy (non-hydrogen) atoms. The van der Waals surface area contributed by atoms with Crippen LogP contribution in [0.4, 0.5) is 0 Å². The predicted molar refractivity (Wildman–Crippen MR) is 98.1 cm³/mol. The highest BCUT2D eigenvalue weighted by atomic mass is 16.5. The van der Waals surface area contributed by atoms with Crippen LogP contribution in [0.15, 0.2) is 36.5 Å². The minimum Gasteiger partial charge on any atom is -0.496 e. The molecule has 5 heteroatoms. The SMILES string of the molecule is CCC(CC)n1ccc(C(=O)N2CC[C@H](c3ccccc3OC)C2)n1. The van der Waals surface area contributed by atoms with Crippen molar-refractivity contribution in [1.82, 2.24) is 14.7 Å². The van der Waals surface area contributed by atoms with E-state index in [1.807, 2.05) is 40.0 Å². The first-order valence-electron chi connectivity index (χ1n) is 9.15. The lowest BCUT2D eigenvalue weighted by atomic mass is 9.97. The molecule has 0 radical (unpaired) electrons. The third kappa shape index (κ3) is 3.55. The molecule has 1 fully saturated rings. The van der Waals surface area contributed by atoms with Crippen LogP contribution in [0, 0.1) is 0 Å². The number of ether oxygens (including phenoxy) is 1. The number of aromatic nitrogens is 2. The zero-order valence-corrected chi connectivity index (χ0v) is 15.3. The normalized spacial score (nSPS) is 17.3. The van der Waals surface area contributed by atoms with Crippen molar-refractivity contribution in [3.63, 3.8) is 0 Å². The lowest BCUT2D eigenvalue weighted by Crippen LogP contribution is -2.29. The van der Waals surface area contributed by atoms with Crippen LogP contribution < -0.4 is 4.74 Å². The van der Waals surface area contributed by atoms with Gasteiger partial charge in [0, 0.05) is 25.2 Å². The van der Waals surface area contributed by atoms with E-state index < -0.39 is 0 Å². The van der Waals surface area contributed by atoms with E-state index in [4.69, 9.17) is 4.74 Å². The molecule has 1 aromatic heterocycles. The van der Waals surface area contributed by atoms with Gasteiger partial charge in [-0.05, 0) is 37.0 Å². The van der Waals surface area contributed by atoms with Crippen molar-refractivity contribution in [3.05, 3.63) is 47.8 Å². The summed E-state index contributed by atoms with van der Waals surface area (Å²) in [4.78, 5) is 14.7. The number of carbonyl (C=O) groups is 1. The molecule has 1 saturated heterocycles. The molecule has 3 rings (SSSR count). The van der Waals surface area contributed by atoms with Gasteiger partial charge in [-0.3, -0.25) is 9.48 Å². The van der Waals surface area contributed by atoms with Crippen molar-refractivity contribution in [2.75, 3.05) is 20.2 Å². The van der Waals surface area contributed by atoms with Gasteiger partial charge in [-0.1, -0.05) is 32.0 Å². The van der Waals surface area contributed by atoms with Crippen LogP contribution in [0.5, 0.6) is 5.75 Å². The monoisotopic (exact) mass is 341 g/mol. The smallest absolute Gasteiger partial charge is 0.274 e. The Bertz CT molecular complexity index is 721. The fourth-order valence-corrected chi connectivity index (χ4v) is 3.68. The standard InChI is InChI=1S/C20H27N3O2/c1-4-16(5-2)23-13-11-18(21-23)20(24)22-12-10-15(14-22)17-8-6-7-9-19(17)25-3/h6-9,11,13,15-16H,4-5,10,12,14H2,1-3H3/t15-/m0/s1. The van der Waals surface area contributed by atoms with Crippen LogP contribution in [0.2, 0.25) is 0 Å². The first-order valence-corrected chi connectivity index (χ1v) is 9.15. The first kappa shape index (κ1) is 17.5. The van der Waals surface area contributed by atoms with E-state index >= 15 is 0 Å². The molecule has 1 aromatic carbocycles. The summed E-state index contributed by atoms with van der Waals surface area (Å²) in [6.45, 7) is 5.78. The number of benzene rings is 1. The van der Waals surface area contributed by atoms with Crippen molar-refractivity contribution in [1.29, 1.82) is 0 Å². The Morgan fingerprint density at radius 3 is 2.76 bits per heavy atom. The molecule has 1 amide bonds. The van der Waals surface area contributed by atoms with Crippen molar-refractivity contribution in [2.24, 2.45) is 0 Å². The van der Waals surface area contributed by atoms with Crippen LogP contribution in [-0.2, 0) is 0 Å². The van der Waals surface area contributed by atoms with Crippen LogP contribution in [0.3, 0.4) is 0 Å². The van der Waals surface area contributed by atoms with E-state index in [1.54, 1.807) is 7.11 Å². The Kier molecular flexibility index (Phi) is 5.41. The highest BCUT2D eigenvalue weighted by Gasteiger charge is 2.30. The summed E-state index contributed by atoms with van der Waals surface area (Å²) in [5.74, 6) is 1.25. The third-order valence-corrected chi connectivity index (χ3v) is 5.20. The number of likely N-dealkylation sites (tertiary alicyclic amines) is 1. The minimum atomic E-state index is 0.0297. The fraction of sp³-hybridized carbons (Fsp3) is 0.500. The molecule has 0 spiro atoms. The summed E-state index contributed by atoms with van der Waals surface area (Å²) in [7, 11) is 1.70. The molecular weight excluding hydrogens is 314 g/mol. The summed E-state index contributed by atoms with van der Waals surface area (Å²) in [5, 5.41) is 4.53. The quantitative estimate of drug-likeness (QED) is 0.801. The van der Waals surface area contributed by atoms with Crippen molar-refractivity contribution < 1.29 is 9.53 Å². The number of hydrogen-bond donors (Lipinski definition) is 0. The zero-order chi connectivity index (χ0) is 17.8. The van der Waals surface area contributed by atoms with Crippen molar-refractivity contribution in [3.8, 4) is 5.75 Å². The Labute approximate surface area is 149 Å². The number of rotatable bonds is 6. The van der Waals surface area contributed by atoms with E-state index in [1.165, 1.54) is 5.56 Å². The molecular formula is C20H27N3O2. The average molecular weight is 341 g/mol. The summed E-state index contributed by atoms with van der Waals surface area (Å²) >= 11 is 0. The topological polar surface area (TPSA) is 47.4 Å². The van der Waals surface area contributed by atoms with Gasteiger partial charge in [0.1, 0.15) is 11.4 Å². The molecule has 0 aliphatic carbocycles. The second-order valence-electron chi connectivity index (χ2n) is 6.63. The highest BCUT2D eigenvalue weighted by molar-refractivity contribution is 5.92. The molecule has 0 N–H and O–H groups in total. The summed E-state index contributed by atoms with van der Waals surface area (Å²) in [6, 6.07) is 10.3. The van der Waals surface area contributed by atoms with Gasteiger partial charge >= 0.3 is 0 Å². The predicted octanol–water partition coefficient (Wildman–Crippen LogP) is 3.88. The lowest BCUT2D eigenvalue weighted by molar-refractivity contribution is 0.0783. The number of carbonyl (C=O) groups excluding carboxylic acids is 1. The Hall–Kier alpha value is -2.30. The molecule has 0 saturated carbocycles. The maximum atomic E-state index is 12.8. The van der Waals surface area contributed by atoms with E-state index in [0.717, 1.165) is 38.1 Å². The van der Waals surface area contributed by atoms with Gasteiger partial charge in [0.25, 0.3) is 5.91 Å². The largest absolute Gasteiger partial charge is 0.496 e. The van der Waals surface area contributed by atoms with E-state index in [0.29, 0.717) is 17.7 Å². The third-order valence-electron chi connectivity index (χ3n) is 5.20.